The highest BCUT2D eigenvalue weighted by molar-refractivity contribution is 7.18. The Morgan fingerprint density at radius 3 is 3.10 bits per heavy atom. The van der Waals surface area contributed by atoms with Crippen molar-refractivity contribution < 1.29 is 9.53 Å². The molecule has 3 aromatic rings. The van der Waals surface area contributed by atoms with Crippen LogP contribution < -0.4 is 15.7 Å². The van der Waals surface area contributed by atoms with Gasteiger partial charge in [-0.15, -0.1) is 11.3 Å². The molecule has 30 heavy (non-hydrogen) atoms. The van der Waals surface area contributed by atoms with Crippen LogP contribution in [0.2, 0.25) is 0 Å². The number of nitrogens with zero attached hydrogens (tertiary/aromatic N) is 3. The molecule has 0 saturated heterocycles. The summed E-state index contributed by atoms with van der Waals surface area (Å²) in [5, 5.41) is 4.68. The molecule has 0 spiro atoms. The summed E-state index contributed by atoms with van der Waals surface area (Å²) >= 11 is 1.60. The summed E-state index contributed by atoms with van der Waals surface area (Å²) in [4.78, 5) is 31.8. The Hall–Kier alpha value is -3.00. The lowest BCUT2D eigenvalue weighted by Crippen LogP contribution is -2.30. The fraction of sp³-hybridized carbons (Fsp3) is 0.364. The molecule has 8 heteroatoms. The highest BCUT2D eigenvalue weighted by Crippen LogP contribution is 2.35. The van der Waals surface area contributed by atoms with E-state index in [1.807, 2.05) is 31.2 Å². The van der Waals surface area contributed by atoms with E-state index in [0.29, 0.717) is 23.7 Å². The Bertz CT molecular complexity index is 1160. The van der Waals surface area contributed by atoms with Crippen LogP contribution in [0.1, 0.15) is 36.3 Å². The van der Waals surface area contributed by atoms with E-state index in [1.165, 1.54) is 22.0 Å². The Kier molecular flexibility index (Phi) is 5.94. The summed E-state index contributed by atoms with van der Waals surface area (Å²) in [5.41, 5.74) is 4.20. The highest BCUT2D eigenvalue weighted by Gasteiger charge is 2.23. The summed E-state index contributed by atoms with van der Waals surface area (Å²) in [6, 6.07) is 7.44. The van der Waals surface area contributed by atoms with E-state index in [9.17, 15) is 9.59 Å². The van der Waals surface area contributed by atoms with Crippen molar-refractivity contribution in [3.8, 4) is 5.75 Å². The quantitative estimate of drug-likeness (QED) is 0.487. The lowest BCUT2D eigenvalue weighted by Gasteiger charge is -2.17. The first kappa shape index (κ1) is 20.3. The molecular weight excluding hydrogens is 400 g/mol. The second kappa shape index (κ2) is 8.79. The van der Waals surface area contributed by atoms with Crippen LogP contribution in [0.15, 0.2) is 40.5 Å². The lowest BCUT2D eigenvalue weighted by atomic mass is 9.89. The number of aromatic nitrogens is 2. The second-order valence-corrected chi connectivity index (χ2v) is 8.56. The van der Waals surface area contributed by atoms with Gasteiger partial charge in [-0.05, 0) is 49.8 Å². The van der Waals surface area contributed by atoms with Crippen LogP contribution in [0.3, 0.4) is 0 Å². The number of ether oxygens (including phenoxy) is 1. The maximum atomic E-state index is 13.0. The molecule has 1 aliphatic carbocycles. The number of amides is 1. The van der Waals surface area contributed by atoms with Gasteiger partial charge in [0.05, 0.1) is 24.5 Å². The van der Waals surface area contributed by atoms with Gasteiger partial charge in [0.2, 0.25) is 0 Å². The van der Waals surface area contributed by atoms with Gasteiger partial charge in [-0.1, -0.05) is 19.1 Å². The fourth-order valence-corrected chi connectivity index (χ4v) is 5.06. The largest absolute Gasteiger partial charge is 0.493 e. The van der Waals surface area contributed by atoms with E-state index >= 15 is 0 Å². The minimum absolute atomic E-state index is 0.132. The minimum atomic E-state index is -0.388. The van der Waals surface area contributed by atoms with Crippen molar-refractivity contribution in [2.24, 2.45) is 11.0 Å². The molecule has 156 valence electrons. The zero-order valence-electron chi connectivity index (χ0n) is 17.1. The fourth-order valence-electron chi connectivity index (χ4n) is 3.72. The molecule has 1 N–H and O–H groups in total. The zero-order valence-corrected chi connectivity index (χ0v) is 17.9. The summed E-state index contributed by atoms with van der Waals surface area (Å²) in [6.45, 7) is 4.55. The molecule has 1 amide bonds. The number of rotatable bonds is 6. The number of hydrogen-bond donors (Lipinski definition) is 1. The maximum Gasteiger partial charge on any atom is 0.262 e. The number of para-hydroxylation sites is 1. The van der Waals surface area contributed by atoms with Crippen LogP contribution in [0, 0.1) is 5.92 Å². The molecule has 7 nitrogen and oxygen atoms in total. The van der Waals surface area contributed by atoms with Gasteiger partial charge in [-0.2, -0.15) is 5.10 Å². The van der Waals surface area contributed by atoms with E-state index in [2.05, 4.69) is 22.4 Å². The van der Waals surface area contributed by atoms with Crippen molar-refractivity contribution in [2.45, 2.75) is 39.7 Å². The topological polar surface area (TPSA) is 85.6 Å². The molecule has 1 atom stereocenters. The minimum Gasteiger partial charge on any atom is -0.493 e. The molecule has 2 aromatic heterocycles. The lowest BCUT2D eigenvalue weighted by molar-refractivity contribution is -0.121. The third-order valence-corrected chi connectivity index (χ3v) is 6.37. The standard InChI is InChI=1S/C22H24N4O3S/c1-3-29-17-7-5-4-6-15(17)11-24-25-19(27)12-26-13-23-21-20(22(26)28)16-9-8-14(2)10-18(16)30-21/h4-7,11,13-14H,3,8-10,12H2,1-2H3,(H,25,27)/b24-11+/t14-/m1/s1. The van der Waals surface area contributed by atoms with Gasteiger partial charge in [0, 0.05) is 10.4 Å². The highest BCUT2D eigenvalue weighted by atomic mass is 32.1. The van der Waals surface area contributed by atoms with E-state index in [1.54, 1.807) is 11.3 Å². The van der Waals surface area contributed by atoms with E-state index in [-0.39, 0.29) is 18.0 Å². The van der Waals surface area contributed by atoms with E-state index < -0.39 is 0 Å². The predicted octanol–water partition coefficient (Wildman–Crippen LogP) is 3.13. The molecule has 0 radical (unpaired) electrons. The number of fused-ring (bicyclic) bond motifs is 3. The monoisotopic (exact) mass is 424 g/mol. The third kappa shape index (κ3) is 4.14. The van der Waals surface area contributed by atoms with Crippen LogP contribution in [0.25, 0.3) is 10.2 Å². The maximum absolute atomic E-state index is 13.0. The van der Waals surface area contributed by atoms with Crippen molar-refractivity contribution in [1.82, 2.24) is 15.0 Å². The Labute approximate surface area is 178 Å². The number of thiophene rings is 1. The van der Waals surface area contributed by atoms with Crippen LogP contribution in [-0.2, 0) is 24.2 Å². The summed E-state index contributed by atoms with van der Waals surface area (Å²) in [6.07, 6.45) is 5.94. The van der Waals surface area contributed by atoms with Gasteiger partial charge in [-0.3, -0.25) is 14.2 Å². The first-order valence-electron chi connectivity index (χ1n) is 10.1. The van der Waals surface area contributed by atoms with Crippen LogP contribution in [0.4, 0.5) is 0 Å². The average molecular weight is 425 g/mol. The molecule has 0 fully saturated rings. The van der Waals surface area contributed by atoms with Gasteiger partial charge in [0.1, 0.15) is 17.1 Å². The van der Waals surface area contributed by atoms with Crippen molar-refractivity contribution in [3.05, 3.63) is 57.0 Å². The van der Waals surface area contributed by atoms with Gasteiger partial charge in [0.15, 0.2) is 0 Å². The van der Waals surface area contributed by atoms with Crippen molar-refractivity contribution in [1.29, 1.82) is 0 Å². The molecule has 0 unspecified atom stereocenters. The van der Waals surface area contributed by atoms with E-state index in [4.69, 9.17) is 4.74 Å². The molecule has 4 rings (SSSR count). The van der Waals surface area contributed by atoms with Crippen molar-refractivity contribution in [2.75, 3.05) is 6.61 Å². The van der Waals surface area contributed by atoms with Crippen LogP contribution >= 0.6 is 11.3 Å². The van der Waals surface area contributed by atoms with Crippen molar-refractivity contribution in [3.63, 3.8) is 0 Å². The van der Waals surface area contributed by atoms with Gasteiger partial charge < -0.3 is 4.74 Å². The van der Waals surface area contributed by atoms with Crippen LogP contribution in [0.5, 0.6) is 5.75 Å². The number of carbonyl (C=O) groups is 1. The number of aryl methyl sites for hydroxylation is 1. The van der Waals surface area contributed by atoms with Gasteiger partial charge in [0.25, 0.3) is 11.5 Å². The van der Waals surface area contributed by atoms with Gasteiger partial charge in [-0.25, -0.2) is 10.4 Å². The Morgan fingerprint density at radius 1 is 1.43 bits per heavy atom. The molecule has 1 aromatic carbocycles. The first-order chi connectivity index (χ1) is 14.6. The SMILES string of the molecule is CCOc1ccccc1/C=N/NC(=O)Cn1cnc2sc3c(c2c1=O)CC[C@@H](C)C3. The summed E-state index contributed by atoms with van der Waals surface area (Å²) in [7, 11) is 0. The summed E-state index contributed by atoms with van der Waals surface area (Å²) in [5.74, 6) is 0.936. The zero-order chi connectivity index (χ0) is 21.1. The van der Waals surface area contributed by atoms with Crippen molar-refractivity contribution >= 4 is 33.7 Å². The average Bonchev–Trinajstić information content (AvgIpc) is 3.10. The van der Waals surface area contributed by atoms with Crippen LogP contribution in [-0.4, -0.2) is 28.3 Å². The number of carbonyl (C=O) groups excluding carboxylic acids is 1. The Balaban J connectivity index is 1.49. The Morgan fingerprint density at radius 2 is 2.27 bits per heavy atom. The van der Waals surface area contributed by atoms with E-state index in [0.717, 1.165) is 35.2 Å². The number of hydrazone groups is 1. The number of hydrogen-bond acceptors (Lipinski definition) is 6. The molecule has 0 aliphatic heterocycles. The second-order valence-electron chi connectivity index (χ2n) is 7.47. The normalized spacial score (nSPS) is 16.0. The number of benzene rings is 1. The first-order valence-corrected chi connectivity index (χ1v) is 10.9. The third-order valence-electron chi connectivity index (χ3n) is 5.21. The predicted molar refractivity (Wildman–Crippen MR) is 118 cm³/mol. The smallest absolute Gasteiger partial charge is 0.262 e. The molecule has 0 bridgehead atoms. The molecule has 1 aliphatic rings. The van der Waals surface area contributed by atoms with Gasteiger partial charge >= 0.3 is 0 Å². The molecular formula is C22H24N4O3S. The molecule has 0 saturated carbocycles. The number of nitrogens with one attached hydrogen (secondary N) is 1. The molecule has 2 heterocycles. The summed E-state index contributed by atoms with van der Waals surface area (Å²) < 4.78 is 6.89.